The van der Waals surface area contributed by atoms with Gasteiger partial charge < -0.3 is 4.42 Å². The summed E-state index contributed by atoms with van der Waals surface area (Å²) in [6, 6.07) is 72.1. The van der Waals surface area contributed by atoms with Crippen LogP contribution in [-0.4, -0.2) is 0 Å². The minimum Gasteiger partial charge on any atom is -0.456 e. The van der Waals surface area contributed by atoms with Crippen molar-refractivity contribution < 1.29 is 4.42 Å². The zero-order valence-electron chi connectivity index (χ0n) is 33.4. The zero-order valence-corrected chi connectivity index (χ0v) is 33.4. The highest BCUT2D eigenvalue weighted by Gasteiger charge is 2.37. The number of hydrogen-bond acceptors (Lipinski definition) is 1. The highest BCUT2D eigenvalue weighted by molar-refractivity contribution is 6.22. The number of para-hydroxylation sites is 1. The SMILES string of the molecule is CC1(C)c2cc(-c3ccc4cc(-c5c6ccccc6c(-c6ccc7ccccc7c6)c6ccccc56)ccc4c3)ccc2-c2c1ccc1cc3c(cc21)oc1ccccc13. The van der Waals surface area contributed by atoms with Crippen LogP contribution in [0.3, 0.4) is 0 Å². The first-order valence-electron chi connectivity index (χ1n) is 21.0. The molecule has 13 rings (SSSR count). The van der Waals surface area contributed by atoms with E-state index in [-0.39, 0.29) is 5.41 Å². The normalized spacial score (nSPS) is 13.3. The molecule has 280 valence electrons. The fourth-order valence-electron chi connectivity index (χ4n) is 10.6. The van der Waals surface area contributed by atoms with Crippen LogP contribution in [0.25, 0.3) is 120 Å². The van der Waals surface area contributed by atoms with Crippen molar-refractivity contribution in [2.45, 2.75) is 19.3 Å². The van der Waals surface area contributed by atoms with E-state index in [0.717, 1.165) is 11.2 Å². The predicted octanol–water partition coefficient (Wildman–Crippen LogP) is 16.7. The Hall–Kier alpha value is -7.48. The first-order chi connectivity index (χ1) is 29.5. The lowest BCUT2D eigenvalue weighted by atomic mass is 9.81. The monoisotopic (exact) mass is 762 g/mol. The molecule has 0 saturated heterocycles. The molecule has 0 atom stereocenters. The first-order valence-corrected chi connectivity index (χ1v) is 21.0. The van der Waals surface area contributed by atoms with Gasteiger partial charge >= 0.3 is 0 Å². The summed E-state index contributed by atoms with van der Waals surface area (Å²) >= 11 is 0. The molecule has 0 N–H and O–H groups in total. The van der Waals surface area contributed by atoms with E-state index in [1.54, 1.807) is 0 Å². The van der Waals surface area contributed by atoms with E-state index in [1.807, 2.05) is 6.07 Å². The van der Waals surface area contributed by atoms with Gasteiger partial charge in [0.05, 0.1) is 0 Å². The molecular weight excluding hydrogens is 725 g/mol. The number of fused-ring (bicyclic) bond motifs is 12. The Morgan fingerprint density at radius 2 is 0.800 bits per heavy atom. The largest absolute Gasteiger partial charge is 0.456 e. The molecule has 1 nitrogen and oxygen atoms in total. The van der Waals surface area contributed by atoms with Crippen LogP contribution in [0.2, 0.25) is 0 Å². The maximum Gasteiger partial charge on any atom is 0.136 e. The lowest BCUT2D eigenvalue weighted by Crippen LogP contribution is -2.15. The maximum atomic E-state index is 6.38. The summed E-state index contributed by atoms with van der Waals surface area (Å²) in [7, 11) is 0. The van der Waals surface area contributed by atoms with E-state index in [1.165, 1.54) is 120 Å². The summed E-state index contributed by atoms with van der Waals surface area (Å²) in [5.41, 5.74) is 14.6. The standard InChI is InChI=1S/C59H38O/c1-59(2)52-28-26-41-32-51-44-13-9-10-18-54(44)60-55(51)34-50(41)58(52)49-27-25-40(33-53(49)59)38-20-21-39-31-43(24-22-37(39)29-38)57-47-16-7-5-14-45(47)56(46-15-6-8-17-48(46)57)42-23-19-35-11-3-4-12-36(35)30-42/h3-34H,1-2H3. The van der Waals surface area contributed by atoms with Crippen molar-refractivity contribution >= 4 is 75.8 Å². The van der Waals surface area contributed by atoms with Gasteiger partial charge in [0.15, 0.2) is 0 Å². The quantitative estimate of drug-likeness (QED) is 0.163. The molecule has 0 bridgehead atoms. The van der Waals surface area contributed by atoms with Crippen LogP contribution >= 0.6 is 0 Å². The minimum absolute atomic E-state index is 0.140. The molecule has 1 aromatic heterocycles. The second kappa shape index (κ2) is 12.3. The lowest BCUT2D eigenvalue weighted by Gasteiger charge is -2.22. The van der Waals surface area contributed by atoms with Crippen LogP contribution in [0.4, 0.5) is 0 Å². The summed E-state index contributed by atoms with van der Waals surface area (Å²) in [6.45, 7) is 4.74. The lowest BCUT2D eigenvalue weighted by molar-refractivity contribution is 0.661. The molecule has 0 amide bonds. The second-order valence-electron chi connectivity index (χ2n) is 17.2. The Kier molecular flexibility index (Phi) is 6.85. The maximum absolute atomic E-state index is 6.38. The van der Waals surface area contributed by atoms with Gasteiger partial charge in [-0.05, 0) is 152 Å². The molecule has 0 unspecified atom stereocenters. The van der Waals surface area contributed by atoms with Crippen molar-refractivity contribution in [2.24, 2.45) is 0 Å². The van der Waals surface area contributed by atoms with Crippen LogP contribution in [0.15, 0.2) is 199 Å². The Morgan fingerprint density at radius 1 is 0.300 bits per heavy atom. The predicted molar refractivity (Wildman–Crippen MR) is 255 cm³/mol. The molecule has 0 aliphatic heterocycles. The molecule has 1 aliphatic rings. The number of rotatable bonds is 3. The molecule has 1 heteroatoms. The van der Waals surface area contributed by atoms with Gasteiger partial charge in [-0.2, -0.15) is 0 Å². The van der Waals surface area contributed by atoms with E-state index >= 15 is 0 Å². The Bertz CT molecular complexity index is 3750. The molecule has 0 fully saturated rings. The van der Waals surface area contributed by atoms with Crippen molar-refractivity contribution in [2.75, 3.05) is 0 Å². The zero-order chi connectivity index (χ0) is 39.7. The highest BCUT2D eigenvalue weighted by atomic mass is 16.3. The molecule has 0 saturated carbocycles. The third-order valence-electron chi connectivity index (χ3n) is 13.6. The van der Waals surface area contributed by atoms with Crippen LogP contribution in [0, 0.1) is 0 Å². The van der Waals surface area contributed by atoms with Gasteiger partial charge in [0, 0.05) is 16.2 Å². The molecule has 12 aromatic rings. The third kappa shape index (κ3) is 4.75. The third-order valence-corrected chi connectivity index (χ3v) is 13.6. The van der Waals surface area contributed by atoms with Crippen molar-refractivity contribution in [1.29, 1.82) is 0 Å². The molecule has 11 aromatic carbocycles. The Morgan fingerprint density at radius 3 is 1.48 bits per heavy atom. The van der Waals surface area contributed by atoms with Crippen LogP contribution in [0.5, 0.6) is 0 Å². The summed E-state index contributed by atoms with van der Waals surface area (Å²) < 4.78 is 6.38. The molecule has 1 aliphatic carbocycles. The van der Waals surface area contributed by atoms with E-state index in [2.05, 4.69) is 202 Å². The summed E-state index contributed by atoms with van der Waals surface area (Å²) in [5.74, 6) is 0. The van der Waals surface area contributed by atoms with E-state index < -0.39 is 0 Å². The summed E-state index contributed by atoms with van der Waals surface area (Å²) in [4.78, 5) is 0. The molecule has 1 heterocycles. The van der Waals surface area contributed by atoms with Crippen molar-refractivity contribution in [3.8, 4) is 44.5 Å². The van der Waals surface area contributed by atoms with Gasteiger partial charge in [-0.15, -0.1) is 0 Å². The number of furan rings is 1. The van der Waals surface area contributed by atoms with Crippen molar-refractivity contribution in [1.82, 2.24) is 0 Å². The fourth-order valence-corrected chi connectivity index (χ4v) is 10.6. The van der Waals surface area contributed by atoms with Crippen LogP contribution < -0.4 is 0 Å². The number of hydrogen-bond donors (Lipinski definition) is 0. The van der Waals surface area contributed by atoms with E-state index in [9.17, 15) is 0 Å². The smallest absolute Gasteiger partial charge is 0.136 e. The average molecular weight is 763 g/mol. The van der Waals surface area contributed by atoms with E-state index in [4.69, 9.17) is 4.42 Å². The van der Waals surface area contributed by atoms with Gasteiger partial charge in [0.25, 0.3) is 0 Å². The highest BCUT2D eigenvalue weighted by Crippen LogP contribution is 2.53. The van der Waals surface area contributed by atoms with Crippen LogP contribution in [-0.2, 0) is 5.41 Å². The van der Waals surface area contributed by atoms with Crippen molar-refractivity contribution in [3.05, 3.63) is 205 Å². The van der Waals surface area contributed by atoms with E-state index in [0.29, 0.717) is 0 Å². The topological polar surface area (TPSA) is 13.1 Å². The summed E-state index contributed by atoms with van der Waals surface area (Å²) in [6.07, 6.45) is 0. The molecule has 60 heavy (non-hydrogen) atoms. The van der Waals surface area contributed by atoms with Crippen molar-refractivity contribution in [3.63, 3.8) is 0 Å². The average Bonchev–Trinajstić information content (AvgIpc) is 3.77. The van der Waals surface area contributed by atoms with Gasteiger partial charge in [-0.1, -0.05) is 166 Å². The molecule has 0 radical (unpaired) electrons. The fraction of sp³-hybridized carbons (Fsp3) is 0.0508. The van der Waals surface area contributed by atoms with Gasteiger partial charge in [0.2, 0.25) is 0 Å². The number of benzene rings is 11. The molecular formula is C59H38O. The Balaban J connectivity index is 0.915. The summed E-state index contributed by atoms with van der Waals surface area (Å²) in [5, 5.41) is 14.9. The van der Waals surface area contributed by atoms with Gasteiger partial charge in [-0.3, -0.25) is 0 Å². The first kappa shape index (κ1) is 33.5. The Labute approximate surface area is 347 Å². The van der Waals surface area contributed by atoms with Crippen LogP contribution in [0.1, 0.15) is 25.0 Å². The molecule has 0 spiro atoms. The second-order valence-corrected chi connectivity index (χ2v) is 17.2. The van der Waals surface area contributed by atoms with Gasteiger partial charge in [0.1, 0.15) is 11.2 Å². The minimum atomic E-state index is -0.140. The van der Waals surface area contributed by atoms with Gasteiger partial charge in [-0.25, -0.2) is 0 Å².